The van der Waals surface area contributed by atoms with E-state index in [4.69, 9.17) is 0 Å². The third-order valence-electron chi connectivity index (χ3n) is 3.22. The Morgan fingerprint density at radius 1 is 1.19 bits per heavy atom. The lowest BCUT2D eigenvalue weighted by molar-refractivity contribution is 0.0115. The fourth-order valence-electron chi connectivity index (χ4n) is 2.26. The van der Waals surface area contributed by atoms with Crippen LogP contribution in [0.1, 0.15) is 42.5 Å². The Morgan fingerprint density at radius 3 is 2.44 bits per heavy atom. The SMILES string of the molecule is O=C(c1ccccc1I)C1(O)CCCCC1. The molecule has 1 aromatic carbocycles. The van der Waals surface area contributed by atoms with Crippen molar-refractivity contribution in [2.75, 3.05) is 0 Å². The topological polar surface area (TPSA) is 37.3 Å². The van der Waals surface area contributed by atoms with Crippen LogP contribution in [-0.4, -0.2) is 16.5 Å². The van der Waals surface area contributed by atoms with Crippen LogP contribution in [0.3, 0.4) is 0 Å². The molecule has 0 unspecified atom stereocenters. The number of Topliss-reactive ketones (excluding diaryl/α,β-unsaturated/α-hetero) is 1. The number of hydrogen-bond acceptors (Lipinski definition) is 2. The van der Waals surface area contributed by atoms with E-state index in [1.807, 2.05) is 18.2 Å². The summed E-state index contributed by atoms with van der Waals surface area (Å²) in [5.74, 6) is -0.0998. The van der Waals surface area contributed by atoms with Crippen molar-refractivity contribution in [3.8, 4) is 0 Å². The molecule has 1 fully saturated rings. The molecule has 16 heavy (non-hydrogen) atoms. The van der Waals surface area contributed by atoms with E-state index in [1.165, 1.54) is 0 Å². The van der Waals surface area contributed by atoms with Gasteiger partial charge in [0.15, 0.2) is 5.78 Å². The van der Waals surface area contributed by atoms with Crippen molar-refractivity contribution in [3.63, 3.8) is 0 Å². The summed E-state index contributed by atoms with van der Waals surface area (Å²) >= 11 is 2.15. The molecule has 1 N–H and O–H groups in total. The zero-order valence-corrected chi connectivity index (χ0v) is 11.2. The van der Waals surface area contributed by atoms with Crippen molar-refractivity contribution in [1.29, 1.82) is 0 Å². The lowest BCUT2D eigenvalue weighted by Gasteiger charge is -2.30. The van der Waals surface area contributed by atoms with Crippen molar-refractivity contribution < 1.29 is 9.90 Å². The molecule has 2 rings (SSSR count). The molecule has 1 aliphatic carbocycles. The molecule has 0 radical (unpaired) electrons. The third-order valence-corrected chi connectivity index (χ3v) is 4.16. The summed E-state index contributed by atoms with van der Waals surface area (Å²) in [7, 11) is 0. The molecule has 0 aromatic heterocycles. The number of carbonyl (C=O) groups is 1. The minimum Gasteiger partial charge on any atom is -0.382 e. The van der Waals surface area contributed by atoms with Gasteiger partial charge in [-0.2, -0.15) is 0 Å². The summed E-state index contributed by atoms with van der Waals surface area (Å²) in [6.07, 6.45) is 4.24. The van der Waals surface area contributed by atoms with E-state index in [9.17, 15) is 9.90 Å². The van der Waals surface area contributed by atoms with Crippen LogP contribution in [0.4, 0.5) is 0 Å². The van der Waals surface area contributed by atoms with Crippen LogP contribution in [0.25, 0.3) is 0 Å². The fraction of sp³-hybridized carbons (Fsp3) is 0.462. The predicted molar refractivity (Wildman–Crippen MR) is 71.5 cm³/mol. The van der Waals surface area contributed by atoms with E-state index in [-0.39, 0.29) is 5.78 Å². The van der Waals surface area contributed by atoms with Crippen LogP contribution in [-0.2, 0) is 0 Å². The van der Waals surface area contributed by atoms with Crippen molar-refractivity contribution in [2.45, 2.75) is 37.7 Å². The number of carbonyl (C=O) groups excluding carboxylic acids is 1. The Bertz CT molecular complexity index is 395. The van der Waals surface area contributed by atoms with Gasteiger partial charge in [-0.25, -0.2) is 0 Å². The highest BCUT2D eigenvalue weighted by atomic mass is 127. The first kappa shape index (κ1) is 12.0. The average molecular weight is 330 g/mol. The average Bonchev–Trinajstić information content (AvgIpc) is 2.30. The van der Waals surface area contributed by atoms with Gasteiger partial charge in [0.25, 0.3) is 0 Å². The summed E-state index contributed by atoms with van der Waals surface area (Å²) in [4.78, 5) is 12.3. The van der Waals surface area contributed by atoms with Gasteiger partial charge in [-0.15, -0.1) is 0 Å². The Hall–Kier alpha value is -0.420. The molecule has 1 saturated carbocycles. The zero-order valence-electron chi connectivity index (χ0n) is 9.08. The molecule has 3 heteroatoms. The largest absolute Gasteiger partial charge is 0.382 e. The smallest absolute Gasteiger partial charge is 0.195 e. The Labute approximate surface area is 109 Å². The van der Waals surface area contributed by atoms with Crippen LogP contribution < -0.4 is 0 Å². The predicted octanol–water partition coefficient (Wildman–Crippen LogP) is 3.17. The molecule has 0 spiro atoms. The molecule has 2 nitrogen and oxygen atoms in total. The van der Waals surface area contributed by atoms with Crippen LogP contribution >= 0.6 is 22.6 Å². The molecule has 1 aromatic rings. The molecular weight excluding hydrogens is 315 g/mol. The number of aliphatic hydroxyl groups is 1. The lowest BCUT2D eigenvalue weighted by Crippen LogP contribution is -2.40. The summed E-state index contributed by atoms with van der Waals surface area (Å²) in [5, 5.41) is 10.4. The number of benzene rings is 1. The molecule has 0 atom stereocenters. The maximum absolute atomic E-state index is 12.3. The second-order valence-electron chi connectivity index (χ2n) is 4.40. The first-order valence-electron chi connectivity index (χ1n) is 5.65. The Morgan fingerprint density at radius 2 is 1.81 bits per heavy atom. The minimum absolute atomic E-state index is 0.0998. The summed E-state index contributed by atoms with van der Waals surface area (Å²) in [5.41, 5.74) is -0.452. The van der Waals surface area contributed by atoms with Crippen molar-refractivity contribution in [3.05, 3.63) is 33.4 Å². The molecule has 0 saturated heterocycles. The number of hydrogen-bond donors (Lipinski definition) is 1. The van der Waals surface area contributed by atoms with E-state index in [0.717, 1.165) is 22.8 Å². The van der Waals surface area contributed by atoms with Crippen LogP contribution in [0.15, 0.2) is 24.3 Å². The monoisotopic (exact) mass is 330 g/mol. The van der Waals surface area contributed by atoms with Crippen molar-refractivity contribution in [1.82, 2.24) is 0 Å². The second-order valence-corrected chi connectivity index (χ2v) is 5.56. The van der Waals surface area contributed by atoms with E-state index >= 15 is 0 Å². The molecule has 0 heterocycles. The highest BCUT2D eigenvalue weighted by molar-refractivity contribution is 14.1. The van der Waals surface area contributed by atoms with Gasteiger partial charge in [0.05, 0.1) is 0 Å². The fourth-order valence-corrected chi connectivity index (χ4v) is 2.89. The quantitative estimate of drug-likeness (QED) is 0.668. The molecular formula is C13H15IO2. The van der Waals surface area contributed by atoms with E-state index < -0.39 is 5.60 Å². The Balaban J connectivity index is 2.28. The standard InChI is InChI=1S/C13H15IO2/c14-11-7-3-2-6-10(11)12(15)13(16)8-4-1-5-9-13/h2-3,6-7,16H,1,4-5,8-9H2. The van der Waals surface area contributed by atoms with Gasteiger partial charge in [-0.1, -0.05) is 37.5 Å². The highest BCUT2D eigenvalue weighted by Gasteiger charge is 2.38. The summed E-state index contributed by atoms with van der Waals surface area (Å²) in [6, 6.07) is 7.46. The van der Waals surface area contributed by atoms with E-state index in [0.29, 0.717) is 18.4 Å². The van der Waals surface area contributed by atoms with Crippen LogP contribution in [0.2, 0.25) is 0 Å². The van der Waals surface area contributed by atoms with Gasteiger partial charge in [-0.05, 0) is 41.5 Å². The molecule has 0 amide bonds. The van der Waals surface area contributed by atoms with E-state index in [2.05, 4.69) is 22.6 Å². The van der Waals surface area contributed by atoms with Gasteiger partial charge in [0.2, 0.25) is 0 Å². The maximum Gasteiger partial charge on any atom is 0.195 e. The summed E-state index contributed by atoms with van der Waals surface area (Å²) < 4.78 is 0.920. The first-order valence-corrected chi connectivity index (χ1v) is 6.73. The van der Waals surface area contributed by atoms with Crippen LogP contribution in [0, 0.1) is 3.57 Å². The summed E-state index contributed by atoms with van der Waals surface area (Å²) in [6.45, 7) is 0. The molecule has 1 aliphatic rings. The van der Waals surface area contributed by atoms with Gasteiger partial charge < -0.3 is 5.11 Å². The van der Waals surface area contributed by atoms with Crippen LogP contribution in [0.5, 0.6) is 0 Å². The third kappa shape index (κ3) is 2.30. The normalized spacial score (nSPS) is 19.4. The zero-order chi connectivity index (χ0) is 11.6. The van der Waals surface area contributed by atoms with Gasteiger partial charge in [0, 0.05) is 9.13 Å². The first-order chi connectivity index (χ1) is 7.63. The molecule has 0 bridgehead atoms. The molecule has 86 valence electrons. The number of rotatable bonds is 2. The molecule has 0 aliphatic heterocycles. The van der Waals surface area contributed by atoms with Crippen molar-refractivity contribution >= 4 is 28.4 Å². The minimum atomic E-state index is -1.11. The second kappa shape index (κ2) is 4.84. The lowest BCUT2D eigenvalue weighted by atomic mass is 9.79. The van der Waals surface area contributed by atoms with E-state index in [1.54, 1.807) is 6.07 Å². The highest BCUT2D eigenvalue weighted by Crippen LogP contribution is 2.32. The van der Waals surface area contributed by atoms with Gasteiger partial charge in [-0.3, -0.25) is 4.79 Å². The Kier molecular flexibility index (Phi) is 3.64. The number of ketones is 1. The van der Waals surface area contributed by atoms with Gasteiger partial charge in [0.1, 0.15) is 5.60 Å². The van der Waals surface area contributed by atoms with Gasteiger partial charge >= 0.3 is 0 Å². The number of halogens is 1. The van der Waals surface area contributed by atoms with Crippen molar-refractivity contribution in [2.24, 2.45) is 0 Å². The maximum atomic E-state index is 12.3.